The van der Waals surface area contributed by atoms with Crippen LogP contribution in [0.2, 0.25) is 0 Å². The molecule has 1 aromatic rings. The van der Waals surface area contributed by atoms with E-state index in [2.05, 4.69) is 68.1 Å². The predicted molar refractivity (Wildman–Crippen MR) is 356 cm³/mol. The number of benzene rings is 1. The Labute approximate surface area is 554 Å². The fourth-order valence-electron chi connectivity index (χ4n) is 10.2. The highest BCUT2D eigenvalue weighted by Crippen LogP contribution is 2.28. The Morgan fingerprint density at radius 3 is 1.36 bits per heavy atom. The Bertz CT molecular complexity index is 2790. The third-order valence-corrected chi connectivity index (χ3v) is 16.1. The lowest BCUT2D eigenvalue weighted by Crippen LogP contribution is -2.60. The van der Waals surface area contributed by atoms with Gasteiger partial charge in [-0.25, -0.2) is 0 Å². The van der Waals surface area contributed by atoms with Gasteiger partial charge >= 0.3 is 5.97 Å². The monoisotopic (exact) mass is 1340 g/mol. The molecule has 27 N–H and O–H groups in total. The van der Waals surface area contributed by atoms with Gasteiger partial charge < -0.3 is 104 Å². The van der Waals surface area contributed by atoms with Crippen molar-refractivity contribution >= 4 is 88.8 Å². The summed E-state index contributed by atoms with van der Waals surface area (Å²) in [7, 11) is 0. The number of hydrogen-bond acceptors (Lipinski definition) is 16. The number of nitrogens with zero attached hydrogens (tertiary/aromatic N) is 3. The van der Waals surface area contributed by atoms with Crippen molar-refractivity contribution in [1.29, 1.82) is 0 Å². The number of nitrogens with two attached hydrogens (primary N) is 8. The van der Waals surface area contributed by atoms with Crippen molar-refractivity contribution in [1.82, 2.24) is 53.2 Å². The van der Waals surface area contributed by atoms with Gasteiger partial charge in [-0.1, -0.05) is 103 Å². The predicted octanol–water partition coefficient (Wildman–Crippen LogP) is -4.35. The number of rotatable bonds is 44. The Morgan fingerprint density at radius 2 is 0.895 bits per heavy atom. The highest BCUT2D eigenvalue weighted by Gasteiger charge is 2.37. The average Bonchev–Trinajstić information content (AvgIpc) is 0.962. The largest absolute Gasteiger partial charge is 0.481 e. The van der Waals surface area contributed by atoms with Crippen LogP contribution in [0.1, 0.15) is 150 Å². The van der Waals surface area contributed by atoms with Gasteiger partial charge in [-0.15, -0.1) is 0 Å². The van der Waals surface area contributed by atoms with Crippen LogP contribution in [0.15, 0.2) is 45.3 Å². The van der Waals surface area contributed by atoms with Crippen LogP contribution >= 0.6 is 0 Å². The number of hydrogen-bond donors (Lipinski definition) is 19. The van der Waals surface area contributed by atoms with Gasteiger partial charge in [0.05, 0.1) is 12.6 Å². The molecular weight excluding hydrogens is 1230 g/mol. The lowest BCUT2D eigenvalue weighted by molar-refractivity contribution is -0.139. The summed E-state index contributed by atoms with van der Waals surface area (Å²) >= 11 is 0. The van der Waals surface area contributed by atoms with Crippen molar-refractivity contribution in [2.75, 3.05) is 26.2 Å². The molecule has 0 spiro atoms. The number of aliphatic carboxylic acids is 1. The summed E-state index contributed by atoms with van der Waals surface area (Å²) < 4.78 is 0. The number of carboxylic acids is 1. The molecule has 1 aliphatic carbocycles. The second-order valence-corrected chi connectivity index (χ2v) is 24.0. The van der Waals surface area contributed by atoms with E-state index in [-0.39, 0.29) is 101 Å². The molecule has 1 aliphatic rings. The zero-order valence-electron chi connectivity index (χ0n) is 55.5. The number of carboxylic acid groups (broad SMARTS) is 1. The smallest absolute Gasteiger partial charge is 0.303 e. The molecule has 0 saturated heterocycles. The van der Waals surface area contributed by atoms with Gasteiger partial charge in [0.15, 0.2) is 17.9 Å². The highest BCUT2D eigenvalue weighted by molar-refractivity contribution is 5.99. The molecule has 1 saturated carbocycles. The topological polar surface area (TPSA) is 591 Å². The summed E-state index contributed by atoms with van der Waals surface area (Å²) in [4.78, 5) is 175. The second kappa shape index (κ2) is 43.5. The summed E-state index contributed by atoms with van der Waals surface area (Å²) in [5, 5.41) is 35.7. The third-order valence-electron chi connectivity index (χ3n) is 16.1. The van der Waals surface area contributed by atoms with Gasteiger partial charge in [-0.3, -0.25) is 72.5 Å². The molecule has 0 bridgehead atoms. The van der Waals surface area contributed by atoms with Crippen LogP contribution in [-0.2, 0) is 64.0 Å². The van der Waals surface area contributed by atoms with Crippen molar-refractivity contribution in [2.45, 2.75) is 211 Å². The van der Waals surface area contributed by atoms with Crippen LogP contribution in [0.4, 0.5) is 0 Å². The fourth-order valence-corrected chi connectivity index (χ4v) is 10.2. The zero-order valence-corrected chi connectivity index (χ0v) is 55.5. The zero-order chi connectivity index (χ0) is 71.3. The van der Waals surface area contributed by atoms with Crippen LogP contribution in [0.3, 0.4) is 0 Å². The molecule has 532 valence electrons. The number of carbonyl (C=O) groups excluding carboxylic acids is 11. The first-order valence-electron chi connectivity index (χ1n) is 32.3. The third kappa shape index (κ3) is 32.4. The summed E-state index contributed by atoms with van der Waals surface area (Å²) in [5.41, 5.74) is 45.2. The minimum absolute atomic E-state index is 0.000109. The number of carbonyl (C=O) groups is 12. The van der Waals surface area contributed by atoms with Gasteiger partial charge in [-0.2, -0.15) is 0 Å². The first kappa shape index (κ1) is 81.7. The van der Waals surface area contributed by atoms with E-state index < -0.39 is 163 Å². The maximum absolute atomic E-state index is 14.4. The van der Waals surface area contributed by atoms with Crippen LogP contribution in [0.25, 0.3) is 0 Å². The van der Waals surface area contributed by atoms with E-state index in [1.54, 1.807) is 58.0 Å². The first-order chi connectivity index (χ1) is 44.9. The number of guanidine groups is 3. The van der Waals surface area contributed by atoms with Crippen LogP contribution < -0.4 is 99.0 Å². The Kier molecular flexibility index (Phi) is 37.4. The van der Waals surface area contributed by atoms with Crippen LogP contribution in [-0.4, -0.2) is 181 Å². The molecule has 34 heteroatoms. The normalized spacial score (nSPS) is 15.9. The molecule has 0 unspecified atom stereocenters. The van der Waals surface area contributed by atoms with Gasteiger partial charge in [-0.05, 0) is 88.5 Å². The number of nitrogens with one attached hydrogen (secondary N) is 10. The van der Waals surface area contributed by atoms with Crippen molar-refractivity contribution < 1.29 is 62.6 Å². The lowest BCUT2D eigenvalue weighted by Gasteiger charge is -2.29. The van der Waals surface area contributed by atoms with Gasteiger partial charge in [0.1, 0.15) is 54.4 Å². The van der Waals surface area contributed by atoms with E-state index in [9.17, 15) is 62.6 Å². The summed E-state index contributed by atoms with van der Waals surface area (Å²) in [6.07, 6.45) is 4.31. The molecule has 2 rings (SSSR count). The lowest BCUT2D eigenvalue weighted by atomic mass is 9.84. The van der Waals surface area contributed by atoms with Gasteiger partial charge in [0.2, 0.25) is 65.0 Å². The molecule has 0 aliphatic heterocycles. The molecule has 95 heavy (non-hydrogen) atoms. The van der Waals surface area contributed by atoms with Gasteiger partial charge in [0, 0.05) is 32.5 Å². The fraction of sp³-hybridized carbons (Fsp3) is 0.656. The van der Waals surface area contributed by atoms with E-state index in [1.807, 2.05) is 0 Å². The quantitative estimate of drug-likeness (QED) is 0.0167. The molecule has 0 heterocycles. The SMILES string of the molecule is CC[C@H](C)[C@H](NC(=O)[C@H](CCCN=C(N)N)NC(=O)[C@H](CCC(=O)O)NC(=O)[C@@H](NC(=O)[C@H](CCCN=C(N)N)NC(=O)CNC(=O)[C@H](C)NC(=O)[C@H](CC1CCCCC1)NC(=O)[C@H](CCCN=C(N)N)NC(=O)[C@H](Cc1ccccc1)NC(=O)[C@H](C)N)[C@@H](C)CC)C(N)=O. The van der Waals surface area contributed by atoms with Crippen molar-refractivity contribution in [3.05, 3.63) is 35.9 Å². The Morgan fingerprint density at radius 1 is 0.484 bits per heavy atom. The van der Waals surface area contributed by atoms with Gasteiger partial charge in [0.25, 0.3) is 0 Å². The maximum Gasteiger partial charge on any atom is 0.303 e. The Hall–Kier alpha value is -9.37. The van der Waals surface area contributed by atoms with Crippen molar-refractivity contribution in [3.63, 3.8) is 0 Å². The van der Waals surface area contributed by atoms with E-state index in [4.69, 9.17) is 45.9 Å². The summed E-state index contributed by atoms with van der Waals surface area (Å²) in [6, 6.07) is -4.06. The van der Waals surface area contributed by atoms with Crippen molar-refractivity contribution in [3.8, 4) is 0 Å². The van der Waals surface area contributed by atoms with Crippen LogP contribution in [0.5, 0.6) is 0 Å². The first-order valence-corrected chi connectivity index (χ1v) is 32.3. The van der Waals surface area contributed by atoms with Crippen LogP contribution in [0, 0.1) is 17.8 Å². The van der Waals surface area contributed by atoms with Crippen molar-refractivity contribution in [2.24, 2.45) is 78.6 Å². The van der Waals surface area contributed by atoms with E-state index in [0.29, 0.717) is 12.0 Å². The molecule has 1 aromatic carbocycles. The molecule has 0 aromatic heterocycles. The average molecular weight is 1340 g/mol. The second-order valence-electron chi connectivity index (χ2n) is 24.0. The number of aliphatic imine (C=N–C) groups is 3. The van der Waals surface area contributed by atoms with E-state index >= 15 is 0 Å². The summed E-state index contributed by atoms with van der Waals surface area (Å²) in [5.74, 6) is -12.1. The Balaban J connectivity index is 2.40. The van der Waals surface area contributed by atoms with E-state index in [0.717, 1.165) is 32.1 Å². The molecule has 1 fully saturated rings. The molecule has 34 nitrogen and oxygen atoms in total. The molecule has 11 amide bonds. The van der Waals surface area contributed by atoms with E-state index in [1.165, 1.54) is 13.8 Å². The maximum atomic E-state index is 14.4. The molecular formula is C61H105N21O13. The highest BCUT2D eigenvalue weighted by atomic mass is 16.4. The molecule has 0 radical (unpaired) electrons. The standard InChI is InChI=1S/C61H105N21O13/c1-7-33(3)47(49(63)86)81-55(92)41(24-17-29-72-61(68)69)76-53(90)42(25-26-46(84)85)78-58(95)48(34(4)8-2)82-54(91)39(22-15-27-70-59(64)65)75-45(83)32-73-51(88)36(6)74-56(93)43(30-37-18-11-9-12-19-37)80-52(89)40(23-16-28-71-60(66)67)77-57(94)44(79-50(87)35(5)62)31-38-20-13-10-14-21-38/h10,13-14,20-21,33-37,39-44,47-48H,7-9,11-12,15-19,22-32,62H2,1-6H3,(H2,63,86)(H,73,88)(H,74,93)(H,75,83)(H,76,90)(H,77,94)(H,78,95)(H,79,87)(H,80,89)(H,81,92)(H,82,91)(H,84,85)(H4,64,65,70)(H4,66,67,71)(H4,68,69,72)/t33-,34-,35-,36-,39-,40-,41-,42-,43-,44-,47-,48-/m0/s1. The summed E-state index contributed by atoms with van der Waals surface area (Å²) in [6.45, 7) is 8.97. The number of amides is 11. The number of primary amides is 1. The minimum Gasteiger partial charge on any atom is -0.481 e. The molecule has 12 atom stereocenters. The minimum atomic E-state index is -1.61.